The average Bonchev–Trinajstić information content (AvgIpc) is 3.24. The third-order valence-electron chi connectivity index (χ3n) is 5.74. The molecule has 0 radical (unpaired) electrons. The molecule has 3 aromatic rings. The fourth-order valence-corrected chi connectivity index (χ4v) is 6.07. The van der Waals surface area contributed by atoms with Crippen LogP contribution in [-0.2, 0) is 14.8 Å². The lowest BCUT2D eigenvalue weighted by molar-refractivity contribution is -0.120. The molecule has 1 N–H and O–H groups in total. The van der Waals surface area contributed by atoms with Crippen LogP contribution in [-0.4, -0.2) is 36.7 Å². The third-order valence-corrected chi connectivity index (χ3v) is 8.63. The van der Waals surface area contributed by atoms with Crippen LogP contribution in [0.1, 0.15) is 24.0 Å². The molecule has 9 heteroatoms. The van der Waals surface area contributed by atoms with Crippen LogP contribution in [0.15, 0.2) is 52.7 Å². The molecule has 4 rings (SSSR count). The van der Waals surface area contributed by atoms with Gasteiger partial charge in [-0.05, 0) is 68.1 Å². The molecule has 1 amide bonds. The Morgan fingerprint density at radius 1 is 1.16 bits per heavy atom. The molecule has 0 aliphatic carbocycles. The summed E-state index contributed by atoms with van der Waals surface area (Å²) in [6, 6.07) is 12.2. The Bertz CT molecular complexity index is 1240. The van der Waals surface area contributed by atoms with Crippen molar-refractivity contribution in [3.05, 3.63) is 64.0 Å². The van der Waals surface area contributed by atoms with Gasteiger partial charge in [-0.2, -0.15) is 4.31 Å². The lowest BCUT2D eigenvalue weighted by Crippen LogP contribution is -2.43. The Morgan fingerprint density at radius 2 is 1.91 bits per heavy atom. The average molecular weight is 490 g/mol. The number of carbonyl (C=O) groups excluding carboxylic acids is 1. The first-order valence-electron chi connectivity index (χ1n) is 10.3. The number of thiazole rings is 1. The number of sulfonamides is 1. The maximum absolute atomic E-state index is 13.0. The Kier molecular flexibility index (Phi) is 6.67. The predicted molar refractivity (Wildman–Crippen MR) is 129 cm³/mol. The van der Waals surface area contributed by atoms with E-state index in [1.54, 1.807) is 12.1 Å². The zero-order valence-corrected chi connectivity index (χ0v) is 20.2. The van der Waals surface area contributed by atoms with Crippen LogP contribution in [0.25, 0.3) is 11.3 Å². The normalized spacial score (nSPS) is 17.3. The van der Waals surface area contributed by atoms with Crippen molar-refractivity contribution in [3.8, 4) is 11.3 Å². The van der Waals surface area contributed by atoms with E-state index in [1.165, 1.54) is 38.9 Å². The van der Waals surface area contributed by atoms with Gasteiger partial charge in [-0.3, -0.25) is 4.79 Å². The van der Waals surface area contributed by atoms with Gasteiger partial charge in [-0.25, -0.2) is 13.4 Å². The number of nitrogens with one attached hydrogen (secondary N) is 1. The number of carbonyl (C=O) groups is 1. The van der Waals surface area contributed by atoms with Gasteiger partial charge in [-0.1, -0.05) is 23.7 Å². The molecule has 0 spiro atoms. The summed E-state index contributed by atoms with van der Waals surface area (Å²) >= 11 is 7.24. The summed E-state index contributed by atoms with van der Waals surface area (Å²) in [4.78, 5) is 17.6. The molecule has 1 aliphatic rings. The van der Waals surface area contributed by atoms with Crippen molar-refractivity contribution >= 4 is 44.0 Å². The lowest BCUT2D eigenvalue weighted by Gasteiger charge is -2.31. The van der Waals surface area contributed by atoms with Crippen molar-refractivity contribution < 1.29 is 13.2 Å². The van der Waals surface area contributed by atoms with E-state index >= 15 is 0 Å². The molecule has 1 aromatic heterocycles. The van der Waals surface area contributed by atoms with Crippen LogP contribution in [0, 0.1) is 19.8 Å². The molecule has 2 aromatic carbocycles. The van der Waals surface area contributed by atoms with E-state index < -0.39 is 15.9 Å². The Labute approximate surface area is 197 Å². The van der Waals surface area contributed by atoms with E-state index in [2.05, 4.69) is 36.3 Å². The first-order chi connectivity index (χ1) is 15.2. The topological polar surface area (TPSA) is 79.4 Å². The van der Waals surface area contributed by atoms with E-state index in [0.29, 0.717) is 29.5 Å². The van der Waals surface area contributed by atoms with Crippen LogP contribution in [0.3, 0.4) is 0 Å². The molecule has 0 bridgehead atoms. The SMILES string of the molecule is Cc1ccc(-c2csc(NC(=O)C3CCCN(S(=O)(=O)c4ccc(Cl)cc4)C3)n2)cc1C. The Hall–Kier alpha value is -2.26. The molecule has 1 fully saturated rings. The number of halogens is 1. The zero-order chi connectivity index (χ0) is 22.9. The molecule has 1 aliphatic heterocycles. The molecule has 168 valence electrons. The molecule has 1 unspecified atom stereocenters. The van der Waals surface area contributed by atoms with E-state index in [-0.39, 0.29) is 17.3 Å². The second-order valence-electron chi connectivity index (χ2n) is 7.98. The summed E-state index contributed by atoms with van der Waals surface area (Å²) in [7, 11) is -3.68. The van der Waals surface area contributed by atoms with E-state index in [9.17, 15) is 13.2 Å². The summed E-state index contributed by atoms with van der Waals surface area (Å²) in [5, 5.41) is 5.78. The molecule has 2 heterocycles. The number of aryl methyl sites for hydroxylation is 2. The summed E-state index contributed by atoms with van der Waals surface area (Å²) in [6.45, 7) is 4.66. The molecule has 1 saturated heterocycles. The van der Waals surface area contributed by atoms with Crippen molar-refractivity contribution in [2.45, 2.75) is 31.6 Å². The minimum Gasteiger partial charge on any atom is -0.302 e. The second-order valence-corrected chi connectivity index (χ2v) is 11.2. The van der Waals surface area contributed by atoms with E-state index in [0.717, 1.165) is 11.3 Å². The number of aromatic nitrogens is 1. The van der Waals surface area contributed by atoms with Crippen LogP contribution in [0.5, 0.6) is 0 Å². The van der Waals surface area contributed by atoms with Gasteiger partial charge < -0.3 is 5.32 Å². The van der Waals surface area contributed by atoms with Gasteiger partial charge in [0.25, 0.3) is 0 Å². The first kappa shape index (κ1) is 22.9. The van der Waals surface area contributed by atoms with Crippen LogP contribution in [0.2, 0.25) is 5.02 Å². The summed E-state index contributed by atoms with van der Waals surface area (Å²) in [5.74, 6) is -0.637. The van der Waals surface area contributed by atoms with Crippen molar-refractivity contribution in [2.75, 3.05) is 18.4 Å². The highest BCUT2D eigenvalue weighted by molar-refractivity contribution is 7.89. The molecule has 1 atom stereocenters. The molecule has 32 heavy (non-hydrogen) atoms. The highest BCUT2D eigenvalue weighted by atomic mass is 35.5. The van der Waals surface area contributed by atoms with Gasteiger partial charge in [0.1, 0.15) is 0 Å². The van der Waals surface area contributed by atoms with Crippen molar-refractivity contribution in [1.82, 2.24) is 9.29 Å². The van der Waals surface area contributed by atoms with Crippen molar-refractivity contribution in [1.29, 1.82) is 0 Å². The largest absolute Gasteiger partial charge is 0.302 e. The van der Waals surface area contributed by atoms with Crippen LogP contribution >= 0.6 is 22.9 Å². The molecular weight excluding hydrogens is 466 g/mol. The fourth-order valence-electron chi connectivity index (χ4n) is 3.70. The van der Waals surface area contributed by atoms with Crippen LogP contribution in [0.4, 0.5) is 5.13 Å². The number of benzene rings is 2. The lowest BCUT2D eigenvalue weighted by atomic mass is 9.99. The maximum Gasteiger partial charge on any atom is 0.243 e. The van der Waals surface area contributed by atoms with Gasteiger partial charge in [-0.15, -0.1) is 11.3 Å². The molecule has 0 saturated carbocycles. The Morgan fingerprint density at radius 3 is 2.62 bits per heavy atom. The maximum atomic E-state index is 13.0. The predicted octanol–water partition coefficient (Wildman–Crippen LogP) is 5.12. The van der Waals surface area contributed by atoms with E-state index in [1.807, 2.05) is 11.4 Å². The van der Waals surface area contributed by atoms with E-state index in [4.69, 9.17) is 11.6 Å². The smallest absolute Gasteiger partial charge is 0.243 e. The third kappa shape index (κ3) is 4.88. The van der Waals surface area contributed by atoms with Crippen molar-refractivity contribution in [2.24, 2.45) is 5.92 Å². The number of rotatable bonds is 5. The van der Waals surface area contributed by atoms with Crippen molar-refractivity contribution in [3.63, 3.8) is 0 Å². The summed E-state index contributed by atoms with van der Waals surface area (Å²) in [6.07, 6.45) is 1.25. The van der Waals surface area contributed by atoms with Gasteiger partial charge >= 0.3 is 0 Å². The first-order valence-corrected chi connectivity index (χ1v) is 13.0. The fraction of sp³-hybridized carbons (Fsp3) is 0.304. The standard InChI is InChI=1S/C23H24ClN3O3S2/c1-15-5-6-17(12-16(15)2)21-14-31-23(25-21)26-22(28)18-4-3-11-27(13-18)32(29,30)20-9-7-19(24)8-10-20/h5-10,12,14,18H,3-4,11,13H2,1-2H3,(H,25,26,28). The van der Waals surface area contributed by atoms with Gasteiger partial charge in [0.05, 0.1) is 16.5 Å². The number of amides is 1. The highest BCUT2D eigenvalue weighted by Crippen LogP contribution is 2.29. The monoisotopic (exact) mass is 489 g/mol. The van der Waals surface area contributed by atoms with Gasteiger partial charge in [0.2, 0.25) is 15.9 Å². The van der Waals surface area contributed by atoms with Gasteiger partial charge in [0, 0.05) is 29.1 Å². The number of piperidine rings is 1. The summed E-state index contributed by atoms with van der Waals surface area (Å²) < 4.78 is 27.3. The molecule has 6 nitrogen and oxygen atoms in total. The Balaban J connectivity index is 1.44. The number of anilines is 1. The minimum absolute atomic E-state index is 0.145. The number of hydrogen-bond acceptors (Lipinski definition) is 5. The van der Waals surface area contributed by atoms with Crippen LogP contribution < -0.4 is 5.32 Å². The zero-order valence-electron chi connectivity index (χ0n) is 17.8. The second kappa shape index (κ2) is 9.31. The number of hydrogen-bond donors (Lipinski definition) is 1. The quantitative estimate of drug-likeness (QED) is 0.539. The molecular formula is C23H24ClN3O3S2. The van der Waals surface area contributed by atoms with Gasteiger partial charge in [0.15, 0.2) is 5.13 Å². The highest BCUT2D eigenvalue weighted by Gasteiger charge is 2.33. The minimum atomic E-state index is -3.68. The number of nitrogens with zero attached hydrogens (tertiary/aromatic N) is 2. The summed E-state index contributed by atoms with van der Waals surface area (Å²) in [5.41, 5.74) is 4.21.